The highest BCUT2D eigenvalue weighted by molar-refractivity contribution is 5.56. The summed E-state index contributed by atoms with van der Waals surface area (Å²) in [5.74, 6) is 1.79. The molecule has 2 heterocycles. The quantitative estimate of drug-likeness (QED) is 0.861. The first kappa shape index (κ1) is 13.5. The maximum absolute atomic E-state index is 4.90. The van der Waals surface area contributed by atoms with Crippen LogP contribution in [0.15, 0.2) is 24.4 Å². The van der Waals surface area contributed by atoms with Crippen LogP contribution in [0.1, 0.15) is 64.0 Å². The van der Waals surface area contributed by atoms with Crippen molar-refractivity contribution in [1.29, 1.82) is 0 Å². The van der Waals surface area contributed by atoms with Gasteiger partial charge >= 0.3 is 0 Å². The zero-order valence-corrected chi connectivity index (χ0v) is 12.6. The van der Waals surface area contributed by atoms with Crippen LogP contribution in [0.4, 0.5) is 5.82 Å². The SMILES string of the molecule is CCC(CC)c1nc2ccccn2c1NC1CCCC1. The van der Waals surface area contributed by atoms with Crippen molar-refractivity contribution in [3.8, 4) is 0 Å². The van der Waals surface area contributed by atoms with Gasteiger partial charge in [0.15, 0.2) is 0 Å². The monoisotopic (exact) mass is 271 g/mol. The molecule has 1 fully saturated rings. The molecule has 0 atom stereocenters. The second-order valence-corrected chi connectivity index (χ2v) is 5.91. The summed E-state index contributed by atoms with van der Waals surface area (Å²) in [5.41, 5.74) is 2.32. The predicted molar refractivity (Wildman–Crippen MR) is 84.4 cm³/mol. The van der Waals surface area contributed by atoms with E-state index in [2.05, 4.69) is 48.0 Å². The van der Waals surface area contributed by atoms with Gasteiger partial charge in [0.05, 0.1) is 5.69 Å². The summed E-state index contributed by atoms with van der Waals surface area (Å²) in [5, 5.41) is 3.78. The van der Waals surface area contributed by atoms with Gasteiger partial charge in [-0.1, -0.05) is 32.8 Å². The molecule has 0 aliphatic heterocycles. The van der Waals surface area contributed by atoms with Crippen LogP contribution in [0.3, 0.4) is 0 Å². The van der Waals surface area contributed by atoms with E-state index in [1.165, 1.54) is 37.2 Å². The lowest BCUT2D eigenvalue weighted by atomic mass is 9.99. The summed E-state index contributed by atoms with van der Waals surface area (Å²) < 4.78 is 2.23. The lowest BCUT2D eigenvalue weighted by Crippen LogP contribution is -2.17. The maximum Gasteiger partial charge on any atom is 0.138 e. The zero-order chi connectivity index (χ0) is 13.9. The summed E-state index contributed by atoms with van der Waals surface area (Å²) >= 11 is 0. The number of pyridine rings is 1. The molecule has 2 aromatic heterocycles. The molecule has 1 aliphatic rings. The van der Waals surface area contributed by atoms with E-state index in [-0.39, 0.29) is 0 Å². The molecule has 108 valence electrons. The molecule has 0 unspecified atom stereocenters. The van der Waals surface area contributed by atoms with E-state index in [9.17, 15) is 0 Å². The highest BCUT2D eigenvalue weighted by Crippen LogP contribution is 2.32. The van der Waals surface area contributed by atoms with Gasteiger partial charge in [0.1, 0.15) is 11.5 Å². The van der Waals surface area contributed by atoms with E-state index in [1.54, 1.807) is 0 Å². The first-order chi connectivity index (χ1) is 9.83. The third-order valence-corrected chi connectivity index (χ3v) is 4.63. The molecular formula is C17H25N3. The topological polar surface area (TPSA) is 29.3 Å². The van der Waals surface area contributed by atoms with Crippen molar-refractivity contribution in [3.63, 3.8) is 0 Å². The minimum absolute atomic E-state index is 0.554. The number of imidazole rings is 1. The van der Waals surface area contributed by atoms with Gasteiger partial charge in [-0.2, -0.15) is 0 Å². The molecule has 2 aromatic rings. The molecule has 0 radical (unpaired) electrons. The molecular weight excluding hydrogens is 246 g/mol. The average molecular weight is 271 g/mol. The van der Waals surface area contributed by atoms with Gasteiger partial charge in [-0.25, -0.2) is 4.98 Å². The molecule has 0 bridgehead atoms. The van der Waals surface area contributed by atoms with Crippen LogP contribution < -0.4 is 5.32 Å². The Bertz CT molecular complexity index is 563. The van der Waals surface area contributed by atoms with Crippen molar-refractivity contribution >= 4 is 11.5 Å². The number of aromatic nitrogens is 2. The summed E-state index contributed by atoms with van der Waals surface area (Å²) in [6.07, 6.45) is 9.74. The molecule has 1 saturated carbocycles. The number of hydrogen-bond acceptors (Lipinski definition) is 2. The second kappa shape index (κ2) is 5.86. The average Bonchev–Trinajstić information content (AvgIpc) is 3.10. The molecule has 1 N–H and O–H groups in total. The van der Waals surface area contributed by atoms with Crippen LogP contribution in [0, 0.1) is 0 Å². The Morgan fingerprint density at radius 3 is 2.70 bits per heavy atom. The van der Waals surface area contributed by atoms with E-state index in [0.29, 0.717) is 12.0 Å². The van der Waals surface area contributed by atoms with Crippen molar-refractivity contribution in [3.05, 3.63) is 30.1 Å². The van der Waals surface area contributed by atoms with E-state index < -0.39 is 0 Å². The van der Waals surface area contributed by atoms with Gasteiger partial charge in [-0.05, 0) is 37.8 Å². The Morgan fingerprint density at radius 1 is 1.25 bits per heavy atom. The van der Waals surface area contributed by atoms with Gasteiger partial charge in [0.25, 0.3) is 0 Å². The summed E-state index contributed by atoms with van der Waals surface area (Å²) in [7, 11) is 0. The van der Waals surface area contributed by atoms with Crippen LogP contribution in [0.25, 0.3) is 5.65 Å². The van der Waals surface area contributed by atoms with Crippen LogP contribution in [0.2, 0.25) is 0 Å². The van der Waals surface area contributed by atoms with Crippen molar-refractivity contribution in [2.75, 3.05) is 5.32 Å². The Labute approximate surface area is 121 Å². The number of hydrogen-bond donors (Lipinski definition) is 1. The molecule has 3 heteroatoms. The lowest BCUT2D eigenvalue weighted by molar-refractivity contribution is 0.625. The Kier molecular flexibility index (Phi) is 3.95. The van der Waals surface area contributed by atoms with Gasteiger partial charge in [0, 0.05) is 18.2 Å². The van der Waals surface area contributed by atoms with E-state index in [0.717, 1.165) is 18.5 Å². The van der Waals surface area contributed by atoms with E-state index in [4.69, 9.17) is 4.98 Å². The molecule has 3 rings (SSSR count). The molecule has 0 aromatic carbocycles. The van der Waals surface area contributed by atoms with Gasteiger partial charge < -0.3 is 5.32 Å². The molecule has 0 spiro atoms. The van der Waals surface area contributed by atoms with E-state index in [1.807, 2.05) is 0 Å². The van der Waals surface area contributed by atoms with Crippen LogP contribution in [-0.4, -0.2) is 15.4 Å². The fraction of sp³-hybridized carbons (Fsp3) is 0.588. The third-order valence-electron chi connectivity index (χ3n) is 4.63. The third kappa shape index (κ3) is 2.41. The first-order valence-electron chi connectivity index (χ1n) is 8.07. The van der Waals surface area contributed by atoms with Crippen molar-refractivity contribution in [2.45, 2.75) is 64.3 Å². The molecule has 3 nitrogen and oxygen atoms in total. The fourth-order valence-electron chi connectivity index (χ4n) is 3.38. The summed E-state index contributed by atoms with van der Waals surface area (Å²) in [6, 6.07) is 6.89. The first-order valence-corrected chi connectivity index (χ1v) is 8.07. The van der Waals surface area contributed by atoms with Crippen LogP contribution >= 0.6 is 0 Å². The Balaban J connectivity index is 2.02. The summed E-state index contributed by atoms with van der Waals surface area (Å²) in [6.45, 7) is 4.52. The number of anilines is 1. The van der Waals surface area contributed by atoms with Crippen molar-refractivity contribution in [1.82, 2.24) is 9.38 Å². The minimum atomic E-state index is 0.554. The zero-order valence-electron chi connectivity index (χ0n) is 12.6. The molecule has 1 aliphatic carbocycles. The molecule has 20 heavy (non-hydrogen) atoms. The number of nitrogens with zero attached hydrogens (tertiary/aromatic N) is 2. The van der Waals surface area contributed by atoms with Crippen molar-refractivity contribution in [2.24, 2.45) is 0 Å². The summed E-state index contributed by atoms with van der Waals surface area (Å²) in [4.78, 5) is 4.90. The number of fused-ring (bicyclic) bond motifs is 1. The second-order valence-electron chi connectivity index (χ2n) is 5.91. The smallest absolute Gasteiger partial charge is 0.138 e. The standard InChI is InChI=1S/C17H25N3/c1-3-13(4-2)16-17(18-14-9-5-6-10-14)20-12-8-7-11-15(20)19-16/h7-8,11-14,18H,3-6,9-10H2,1-2H3. The molecule has 0 saturated heterocycles. The molecule has 0 amide bonds. The highest BCUT2D eigenvalue weighted by Gasteiger charge is 2.22. The number of nitrogens with one attached hydrogen (secondary N) is 1. The Morgan fingerprint density at radius 2 is 2.00 bits per heavy atom. The Hall–Kier alpha value is -1.51. The predicted octanol–water partition coefficient (Wildman–Crippen LogP) is 4.59. The van der Waals surface area contributed by atoms with E-state index >= 15 is 0 Å². The fourth-order valence-corrected chi connectivity index (χ4v) is 3.38. The van der Waals surface area contributed by atoms with Gasteiger partial charge in [-0.3, -0.25) is 4.40 Å². The highest BCUT2D eigenvalue weighted by atomic mass is 15.1. The number of rotatable bonds is 5. The van der Waals surface area contributed by atoms with Crippen molar-refractivity contribution < 1.29 is 0 Å². The van der Waals surface area contributed by atoms with Gasteiger partial charge in [0.2, 0.25) is 0 Å². The largest absolute Gasteiger partial charge is 0.367 e. The normalized spacial score (nSPS) is 16.4. The van der Waals surface area contributed by atoms with Crippen LogP contribution in [0.5, 0.6) is 0 Å². The van der Waals surface area contributed by atoms with Crippen LogP contribution in [-0.2, 0) is 0 Å². The van der Waals surface area contributed by atoms with Gasteiger partial charge in [-0.15, -0.1) is 0 Å². The lowest BCUT2D eigenvalue weighted by Gasteiger charge is -2.17. The maximum atomic E-state index is 4.90. The minimum Gasteiger partial charge on any atom is -0.367 e.